The van der Waals surface area contributed by atoms with Gasteiger partial charge in [0.25, 0.3) is 0 Å². The third-order valence-corrected chi connectivity index (χ3v) is 4.26. The van der Waals surface area contributed by atoms with Crippen molar-refractivity contribution in [2.75, 3.05) is 18.4 Å². The first-order valence-corrected chi connectivity index (χ1v) is 7.64. The van der Waals surface area contributed by atoms with Crippen molar-refractivity contribution in [3.05, 3.63) is 29.3 Å². The summed E-state index contributed by atoms with van der Waals surface area (Å²) in [6, 6.07) is 6.02. The molecule has 2 aliphatic rings. The smallest absolute Gasteiger partial charge is 0.410 e. The van der Waals surface area contributed by atoms with Gasteiger partial charge in [-0.3, -0.25) is 4.79 Å². The summed E-state index contributed by atoms with van der Waals surface area (Å²) >= 11 is 0. The number of anilines is 1. The minimum Gasteiger partial charge on any atom is -0.444 e. The highest BCUT2D eigenvalue weighted by Gasteiger charge is 2.45. The Morgan fingerprint density at radius 2 is 1.95 bits per heavy atom. The van der Waals surface area contributed by atoms with E-state index in [-0.39, 0.29) is 23.8 Å². The molecule has 2 aliphatic heterocycles. The van der Waals surface area contributed by atoms with E-state index < -0.39 is 5.60 Å². The zero-order chi connectivity index (χ0) is 16.1. The molecule has 5 heteroatoms. The minimum absolute atomic E-state index is 0.00198. The van der Waals surface area contributed by atoms with Crippen LogP contribution in [0, 0.1) is 12.8 Å². The monoisotopic (exact) mass is 302 g/mol. The molecule has 0 radical (unpaired) electrons. The van der Waals surface area contributed by atoms with Crippen LogP contribution in [0.1, 0.15) is 37.8 Å². The van der Waals surface area contributed by atoms with Gasteiger partial charge in [0.15, 0.2) is 0 Å². The second kappa shape index (κ2) is 5.00. The zero-order valence-electron chi connectivity index (χ0n) is 13.5. The van der Waals surface area contributed by atoms with Gasteiger partial charge in [0.1, 0.15) is 5.60 Å². The molecule has 0 bridgehead atoms. The third-order valence-electron chi connectivity index (χ3n) is 4.26. The largest absolute Gasteiger partial charge is 0.444 e. The van der Waals surface area contributed by atoms with Crippen molar-refractivity contribution in [1.29, 1.82) is 0 Å². The molecule has 5 nitrogen and oxygen atoms in total. The summed E-state index contributed by atoms with van der Waals surface area (Å²) in [5.41, 5.74) is 2.55. The van der Waals surface area contributed by atoms with Gasteiger partial charge in [-0.1, -0.05) is 18.2 Å². The molecule has 2 atom stereocenters. The first kappa shape index (κ1) is 14.9. The highest BCUT2D eigenvalue weighted by molar-refractivity contribution is 5.98. The number of carbonyl (C=O) groups is 2. The van der Waals surface area contributed by atoms with Crippen molar-refractivity contribution in [3.63, 3.8) is 0 Å². The SMILES string of the molecule is Cc1cccc2c1NC(=O)C1CN(C(=O)OC(C)(C)C)CC21. The molecule has 3 rings (SSSR count). The summed E-state index contributed by atoms with van der Waals surface area (Å²) < 4.78 is 5.43. The Labute approximate surface area is 130 Å². The van der Waals surface area contributed by atoms with Crippen molar-refractivity contribution in [3.8, 4) is 0 Å². The molecule has 2 amide bonds. The van der Waals surface area contributed by atoms with Crippen LogP contribution in [0.4, 0.5) is 10.5 Å². The van der Waals surface area contributed by atoms with E-state index in [1.54, 1.807) is 4.90 Å². The molecule has 1 aromatic rings. The van der Waals surface area contributed by atoms with Gasteiger partial charge in [-0.2, -0.15) is 0 Å². The fourth-order valence-electron chi connectivity index (χ4n) is 3.25. The van der Waals surface area contributed by atoms with E-state index in [0.717, 1.165) is 16.8 Å². The number of para-hydroxylation sites is 1. The Morgan fingerprint density at radius 3 is 2.64 bits per heavy atom. The van der Waals surface area contributed by atoms with E-state index in [1.165, 1.54) is 0 Å². The van der Waals surface area contributed by atoms with Crippen LogP contribution in [0.3, 0.4) is 0 Å². The van der Waals surface area contributed by atoms with E-state index in [2.05, 4.69) is 5.32 Å². The fraction of sp³-hybridized carbons (Fsp3) is 0.529. The third kappa shape index (κ3) is 2.56. The normalized spacial score (nSPS) is 23.6. The Morgan fingerprint density at radius 1 is 1.27 bits per heavy atom. The second-order valence-corrected chi connectivity index (χ2v) is 7.13. The number of nitrogens with zero attached hydrogens (tertiary/aromatic N) is 1. The number of likely N-dealkylation sites (tertiary alicyclic amines) is 1. The molecule has 0 spiro atoms. The zero-order valence-corrected chi connectivity index (χ0v) is 13.5. The van der Waals surface area contributed by atoms with Crippen molar-refractivity contribution in [2.45, 2.75) is 39.2 Å². The van der Waals surface area contributed by atoms with Gasteiger partial charge in [0.05, 0.1) is 5.92 Å². The summed E-state index contributed by atoms with van der Waals surface area (Å²) in [7, 11) is 0. The summed E-state index contributed by atoms with van der Waals surface area (Å²) in [6.45, 7) is 8.47. The molecule has 0 saturated carbocycles. The van der Waals surface area contributed by atoms with Crippen LogP contribution in [0.5, 0.6) is 0 Å². The fourth-order valence-corrected chi connectivity index (χ4v) is 3.25. The molecule has 2 unspecified atom stereocenters. The van der Waals surface area contributed by atoms with Crippen LogP contribution in [0.2, 0.25) is 0 Å². The molecule has 0 aromatic heterocycles. The standard InChI is InChI=1S/C17H22N2O3/c1-10-6-5-7-11-12-8-19(16(21)22-17(2,3)4)9-13(12)15(20)18-14(10)11/h5-7,12-13H,8-9H2,1-4H3,(H,18,20). The Hall–Kier alpha value is -2.04. The molecule has 0 aliphatic carbocycles. The van der Waals surface area contributed by atoms with Crippen molar-refractivity contribution >= 4 is 17.7 Å². The lowest BCUT2D eigenvalue weighted by Gasteiger charge is -2.28. The first-order chi connectivity index (χ1) is 10.3. The molecular weight excluding hydrogens is 280 g/mol. The number of fused-ring (bicyclic) bond motifs is 3. The molecule has 1 saturated heterocycles. The summed E-state index contributed by atoms with van der Waals surface area (Å²) in [6.07, 6.45) is -0.344. The van der Waals surface area contributed by atoms with Gasteiger partial charge in [-0.25, -0.2) is 4.79 Å². The number of amides is 2. The van der Waals surface area contributed by atoms with Crippen LogP contribution in [0.25, 0.3) is 0 Å². The lowest BCUT2D eigenvalue weighted by molar-refractivity contribution is -0.120. The van der Waals surface area contributed by atoms with Crippen LogP contribution in [-0.4, -0.2) is 35.6 Å². The van der Waals surface area contributed by atoms with Crippen LogP contribution < -0.4 is 5.32 Å². The van der Waals surface area contributed by atoms with E-state index in [0.29, 0.717) is 13.1 Å². The van der Waals surface area contributed by atoms with E-state index >= 15 is 0 Å². The lowest BCUT2D eigenvalue weighted by atomic mass is 9.83. The number of ether oxygens (including phenoxy) is 1. The number of rotatable bonds is 0. The molecule has 22 heavy (non-hydrogen) atoms. The molecule has 1 fully saturated rings. The molecular formula is C17H22N2O3. The Kier molecular flexibility index (Phi) is 3.38. The molecule has 1 N–H and O–H groups in total. The number of carbonyl (C=O) groups excluding carboxylic acids is 2. The molecule has 1 aromatic carbocycles. The maximum atomic E-state index is 12.4. The van der Waals surface area contributed by atoms with E-state index in [1.807, 2.05) is 45.9 Å². The van der Waals surface area contributed by atoms with Crippen molar-refractivity contribution < 1.29 is 14.3 Å². The van der Waals surface area contributed by atoms with Gasteiger partial charge in [0, 0.05) is 24.7 Å². The van der Waals surface area contributed by atoms with Gasteiger partial charge >= 0.3 is 6.09 Å². The van der Waals surface area contributed by atoms with E-state index in [4.69, 9.17) is 4.74 Å². The molecule has 118 valence electrons. The second-order valence-electron chi connectivity index (χ2n) is 7.13. The summed E-state index contributed by atoms with van der Waals surface area (Å²) in [5.74, 6) is -0.143. The van der Waals surface area contributed by atoms with Crippen LogP contribution in [0.15, 0.2) is 18.2 Å². The number of benzene rings is 1. The number of aryl methyl sites for hydroxylation is 1. The van der Waals surface area contributed by atoms with Crippen LogP contribution in [-0.2, 0) is 9.53 Å². The van der Waals surface area contributed by atoms with Gasteiger partial charge in [-0.15, -0.1) is 0 Å². The highest BCUT2D eigenvalue weighted by atomic mass is 16.6. The van der Waals surface area contributed by atoms with Crippen molar-refractivity contribution in [2.24, 2.45) is 5.92 Å². The quantitative estimate of drug-likeness (QED) is 0.801. The van der Waals surface area contributed by atoms with Crippen LogP contribution >= 0.6 is 0 Å². The maximum Gasteiger partial charge on any atom is 0.410 e. The minimum atomic E-state index is -0.526. The maximum absolute atomic E-state index is 12.4. The predicted molar refractivity (Wildman–Crippen MR) is 83.8 cm³/mol. The summed E-state index contributed by atoms with van der Waals surface area (Å²) in [4.78, 5) is 26.3. The average Bonchev–Trinajstić information content (AvgIpc) is 2.84. The average molecular weight is 302 g/mol. The van der Waals surface area contributed by atoms with Crippen molar-refractivity contribution in [1.82, 2.24) is 4.90 Å². The Balaban J connectivity index is 1.86. The molecule has 2 heterocycles. The lowest BCUT2D eigenvalue weighted by Crippen LogP contribution is -2.36. The van der Waals surface area contributed by atoms with Gasteiger partial charge in [0.2, 0.25) is 5.91 Å². The number of nitrogens with one attached hydrogen (secondary N) is 1. The topological polar surface area (TPSA) is 58.6 Å². The van der Waals surface area contributed by atoms with Gasteiger partial charge in [-0.05, 0) is 38.8 Å². The first-order valence-electron chi connectivity index (χ1n) is 7.64. The number of hydrogen-bond acceptors (Lipinski definition) is 3. The predicted octanol–water partition coefficient (Wildman–Crippen LogP) is 2.90. The van der Waals surface area contributed by atoms with Gasteiger partial charge < -0.3 is 15.0 Å². The Bertz CT molecular complexity index is 633. The summed E-state index contributed by atoms with van der Waals surface area (Å²) in [5, 5.41) is 2.99. The van der Waals surface area contributed by atoms with E-state index in [9.17, 15) is 9.59 Å². The highest BCUT2D eigenvalue weighted by Crippen LogP contribution is 2.42. The number of hydrogen-bond donors (Lipinski definition) is 1.